The molecule has 27 heavy (non-hydrogen) atoms. The lowest BCUT2D eigenvalue weighted by Crippen LogP contribution is -2.39. The van der Waals surface area contributed by atoms with Crippen molar-refractivity contribution in [3.05, 3.63) is 48.3 Å². The van der Waals surface area contributed by atoms with Gasteiger partial charge in [-0.1, -0.05) is 6.92 Å². The number of primary amides is 1. The Morgan fingerprint density at radius 3 is 2.48 bits per heavy atom. The van der Waals surface area contributed by atoms with E-state index in [1.165, 1.54) is 6.20 Å². The number of nitrogens with two attached hydrogens (primary N) is 1. The molecule has 2 heterocycles. The Bertz CT molecular complexity index is 905. The lowest BCUT2D eigenvalue weighted by Gasteiger charge is -2.34. The van der Waals surface area contributed by atoms with E-state index in [1.54, 1.807) is 31.3 Å². The third kappa shape index (κ3) is 4.39. The van der Waals surface area contributed by atoms with Crippen LogP contribution in [0.5, 0.6) is 0 Å². The summed E-state index contributed by atoms with van der Waals surface area (Å²) in [5.41, 5.74) is 7.53. The molecule has 1 aliphatic rings. The van der Waals surface area contributed by atoms with Crippen LogP contribution in [0.1, 0.15) is 30.1 Å². The number of rotatable bonds is 6. The molecule has 8 heteroatoms. The minimum atomic E-state index is -3.17. The molecular weight excluding hydrogens is 364 g/mol. The van der Waals surface area contributed by atoms with Crippen molar-refractivity contribution in [2.45, 2.75) is 30.7 Å². The maximum absolute atomic E-state index is 11.9. The number of nitrogens with zero attached hydrogens (tertiary/aromatic N) is 2. The fourth-order valence-corrected chi connectivity index (χ4v) is 4.13. The van der Waals surface area contributed by atoms with Gasteiger partial charge in [0, 0.05) is 37.2 Å². The van der Waals surface area contributed by atoms with Gasteiger partial charge in [0.15, 0.2) is 9.84 Å². The smallest absolute Gasteiger partial charge is 0.252 e. The highest BCUT2D eigenvalue weighted by Gasteiger charge is 2.21. The zero-order valence-corrected chi connectivity index (χ0v) is 16.1. The molecule has 1 aliphatic heterocycles. The van der Waals surface area contributed by atoms with E-state index in [2.05, 4.69) is 15.2 Å². The van der Waals surface area contributed by atoms with E-state index in [1.807, 2.05) is 12.1 Å². The molecule has 1 amide bonds. The molecule has 1 aromatic carbocycles. The highest BCUT2D eigenvalue weighted by atomic mass is 32.2. The van der Waals surface area contributed by atoms with Crippen LogP contribution in [0.4, 0.5) is 11.4 Å². The molecule has 0 aliphatic carbocycles. The van der Waals surface area contributed by atoms with Crippen molar-refractivity contribution in [3.8, 4) is 0 Å². The molecule has 144 valence electrons. The second-order valence-electron chi connectivity index (χ2n) is 6.59. The van der Waals surface area contributed by atoms with Crippen molar-refractivity contribution in [3.63, 3.8) is 0 Å². The topological polar surface area (TPSA) is 105 Å². The number of benzene rings is 1. The van der Waals surface area contributed by atoms with Crippen LogP contribution in [0.15, 0.2) is 47.6 Å². The van der Waals surface area contributed by atoms with Crippen molar-refractivity contribution in [2.24, 2.45) is 5.73 Å². The van der Waals surface area contributed by atoms with Gasteiger partial charge in [-0.25, -0.2) is 8.42 Å². The highest BCUT2D eigenvalue weighted by molar-refractivity contribution is 7.91. The fourth-order valence-electron chi connectivity index (χ4n) is 3.25. The molecule has 0 radical (unpaired) electrons. The SMILES string of the molecule is CCS(=O)(=O)c1ccc(N2CCC(Nc3ccncc3C(N)=O)CC2)cc1. The summed E-state index contributed by atoms with van der Waals surface area (Å²) < 4.78 is 23.8. The number of anilines is 2. The van der Waals surface area contributed by atoms with Gasteiger partial charge in [-0.2, -0.15) is 0 Å². The Balaban J connectivity index is 1.62. The molecule has 0 saturated carbocycles. The number of hydrogen-bond donors (Lipinski definition) is 2. The van der Waals surface area contributed by atoms with Crippen LogP contribution in [0.2, 0.25) is 0 Å². The molecular formula is C19H24N4O3S. The van der Waals surface area contributed by atoms with E-state index < -0.39 is 15.7 Å². The van der Waals surface area contributed by atoms with Gasteiger partial charge in [0.25, 0.3) is 5.91 Å². The Kier molecular flexibility index (Phi) is 5.65. The summed E-state index contributed by atoms with van der Waals surface area (Å²) >= 11 is 0. The Hall–Kier alpha value is -2.61. The lowest BCUT2D eigenvalue weighted by molar-refractivity contribution is 0.100. The number of piperidine rings is 1. The first-order valence-corrected chi connectivity index (χ1v) is 10.6. The summed E-state index contributed by atoms with van der Waals surface area (Å²) in [7, 11) is -3.17. The summed E-state index contributed by atoms with van der Waals surface area (Å²) in [6, 6.07) is 9.08. The maximum Gasteiger partial charge on any atom is 0.252 e. The number of sulfone groups is 1. The van der Waals surface area contributed by atoms with E-state index in [9.17, 15) is 13.2 Å². The van der Waals surface area contributed by atoms with Crippen molar-refractivity contribution in [1.29, 1.82) is 0 Å². The standard InChI is InChI=1S/C19H24N4O3S/c1-2-27(25,26)16-5-3-15(4-6-16)23-11-8-14(9-12-23)22-18-7-10-21-13-17(18)19(20)24/h3-7,10,13-14H,2,8-9,11-12H2,1H3,(H2,20,24)(H,21,22). The lowest BCUT2D eigenvalue weighted by atomic mass is 10.0. The number of nitrogens with one attached hydrogen (secondary N) is 1. The van der Waals surface area contributed by atoms with Crippen LogP contribution >= 0.6 is 0 Å². The molecule has 3 rings (SSSR count). The highest BCUT2D eigenvalue weighted by Crippen LogP contribution is 2.24. The van der Waals surface area contributed by atoms with Gasteiger partial charge >= 0.3 is 0 Å². The molecule has 2 aromatic rings. The Morgan fingerprint density at radius 2 is 1.89 bits per heavy atom. The number of aromatic nitrogens is 1. The van der Waals surface area contributed by atoms with E-state index in [4.69, 9.17) is 5.73 Å². The molecule has 1 saturated heterocycles. The van der Waals surface area contributed by atoms with Crippen LogP contribution in [0.3, 0.4) is 0 Å². The number of amides is 1. The van der Waals surface area contributed by atoms with Gasteiger partial charge in [-0.15, -0.1) is 0 Å². The molecule has 0 unspecified atom stereocenters. The summed E-state index contributed by atoms with van der Waals surface area (Å²) in [6.45, 7) is 3.33. The minimum Gasteiger partial charge on any atom is -0.381 e. The zero-order valence-electron chi connectivity index (χ0n) is 15.3. The first-order valence-electron chi connectivity index (χ1n) is 8.99. The number of carbonyl (C=O) groups excluding carboxylic acids is 1. The first kappa shape index (κ1) is 19.2. The second kappa shape index (κ2) is 7.96. The summed E-state index contributed by atoms with van der Waals surface area (Å²) in [5.74, 6) is -0.392. The second-order valence-corrected chi connectivity index (χ2v) is 8.87. The van der Waals surface area contributed by atoms with Crippen LogP contribution < -0.4 is 16.0 Å². The molecule has 0 atom stereocenters. The quantitative estimate of drug-likeness (QED) is 0.785. The van der Waals surface area contributed by atoms with Crippen molar-refractivity contribution in [2.75, 3.05) is 29.1 Å². The van der Waals surface area contributed by atoms with Gasteiger partial charge in [0.1, 0.15) is 0 Å². The van der Waals surface area contributed by atoms with Crippen molar-refractivity contribution < 1.29 is 13.2 Å². The summed E-state index contributed by atoms with van der Waals surface area (Å²) in [4.78, 5) is 18.1. The Labute approximate surface area is 159 Å². The Morgan fingerprint density at radius 1 is 1.22 bits per heavy atom. The number of hydrogen-bond acceptors (Lipinski definition) is 6. The van der Waals surface area contributed by atoms with Gasteiger partial charge in [0.05, 0.1) is 21.9 Å². The van der Waals surface area contributed by atoms with E-state index in [0.717, 1.165) is 31.6 Å². The molecule has 1 aromatic heterocycles. The fraction of sp³-hybridized carbons (Fsp3) is 0.368. The van der Waals surface area contributed by atoms with E-state index in [-0.39, 0.29) is 11.8 Å². The summed E-state index contributed by atoms with van der Waals surface area (Å²) in [6.07, 6.45) is 4.91. The minimum absolute atomic E-state index is 0.103. The third-order valence-corrected chi connectivity index (χ3v) is 6.63. The van der Waals surface area contributed by atoms with E-state index >= 15 is 0 Å². The van der Waals surface area contributed by atoms with Crippen LogP contribution in [0.25, 0.3) is 0 Å². The molecule has 0 bridgehead atoms. The van der Waals surface area contributed by atoms with Gasteiger partial charge < -0.3 is 16.0 Å². The average Bonchev–Trinajstić information content (AvgIpc) is 2.69. The number of pyridine rings is 1. The average molecular weight is 388 g/mol. The third-order valence-electron chi connectivity index (χ3n) is 4.88. The van der Waals surface area contributed by atoms with E-state index in [0.29, 0.717) is 16.1 Å². The maximum atomic E-state index is 11.9. The predicted octanol–water partition coefficient (Wildman–Crippen LogP) is 2.05. The molecule has 7 nitrogen and oxygen atoms in total. The predicted molar refractivity (Wildman–Crippen MR) is 106 cm³/mol. The van der Waals surface area contributed by atoms with Gasteiger partial charge in [0.2, 0.25) is 0 Å². The van der Waals surface area contributed by atoms with Crippen LogP contribution in [-0.4, -0.2) is 44.2 Å². The number of carbonyl (C=O) groups is 1. The molecule has 0 spiro atoms. The van der Waals surface area contributed by atoms with Gasteiger partial charge in [-0.05, 0) is 43.2 Å². The van der Waals surface area contributed by atoms with Gasteiger partial charge in [-0.3, -0.25) is 9.78 Å². The van der Waals surface area contributed by atoms with Crippen molar-refractivity contribution >= 4 is 27.1 Å². The van der Waals surface area contributed by atoms with Crippen LogP contribution in [-0.2, 0) is 9.84 Å². The first-order chi connectivity index (χ1) is 12.9. The monoisotopic (exact) mass is 388 g/mol. The largest absolute Gasteiger partial charge is 0.381 e. The summed E-state index contributed by atoms with van der Waals surface area (Å²) in [5, 5.41) is 3.39. The zero-order chi connectivity index (χ0) is 19.4. The normalized spacial score (nSPS) is 15.5. The molecule has 3 N–H and O–H groups in total. The molecule has 1 fully saturated rings. The van der Waals surface area contributed by atoms with Crippen LogP contribution in [0, 0.1) is 0 Å². The van der Waals surface area contributed by atoms with Crippen molar-refractivity contribution in [1.82, 2.24) is 4.98 Å².